The van der Waals surface area contributed by atoms with Gasteiger partial charge in [0.1, 0.15) is 35.0 Å². The number of fused-ring (bicyclic) bond motifs is 2. The third-order valence-electron chi connectivity index (χ3n) is 4.00. The van der Waals surface area contributed by atoms with Crippen LogP contribution in [0.3, 0.4) is 0 Å². The average molecular weight is 385 g/mol. The first-order chi connectivity index (χ1) is 12.7. The number of rotatable bonds is 5. The van der Waals surface area contributed by atoms with E-state index in [1.54, 1.807) is 12.4 Å². The maximum atomic E-state index is 6.12. The number of aromatic nitrogens is 2. The lowest BCUT2D eigenvalue weighted by atomic mass is 10.2. The summed E-state index contributed by atoms with van der Waals surface area (Å²) in [6.45, 7) is 0.810. The van der Waals surface area contributed by atoms with Crippen molar-refractivity contribution >= 4 is 44.7 Å². The zero-order valence-corrected chi connectivity index (χ0v) is 15.2. The fourth-order valence-corrected chi connectivity index (χ4v) is 3.16. The smallest absolute Gasteiger partial charge is 0.136 e. The van der Waals surface area contributed by atoms with Gasteiger partial charge in [-0.2, -0.15) is 0 Å². The Kier molecular flexibility index (Phi) is 4.78. The molecule has 0 radical (unpaired) electrons. The summed E-state index contributed by atoms with van der Waals surface area (Å²) in [5.41, 5.74) is 0. The summed E-state index contributed by atoms with van der Waals surface area (Å²) in [6, 6.07) is 15.3. The SMILES string of the molecule is Clc1nccc2ccc(OCCOc3ccc4ccnc(Cl)c4c3)cc12. The first-order valence-corrected chi connectivity index (χ1v) is 8.80. The van der Waals surface area contributed by atoms with Crippen molar-refractivity contribution in [2.75, 3.05) is 13.2 Å². The Morgan fingerprint density at radius 2 is 1.12 bits per heavy atom. The van der Waals surface area contributed by atoms with Crippen molar-refractivity contribution < 1.29 is 9.47 Å². The molecule has 0 spiro atoms. The highest BCUT2D eigenvalue weighted by Crippen LogP contribution is 2.27. The van der Waals surface area contributed by atoms with Crippen LogP contribution in [0.1, 0.15) is 0 Å². The molecule has 0 atom stereocenters. The zero-order valence-electron chi connectivity index (χ0n) is 13.7. The molecule has 0 aliphatic rings. The van der Waals surface area contributed by atoms with Crippen LogP contribution in [0.5, 0.6) is 11.5 Å². The molecular weight excluding hydrogens is 371 g/mol. The Bertz CT molecular complexity index is 998. The number of pyridine rings is 2. The van der Waals surface area contributed by atoms with Crippen LogP contribution >= 0.6 is 23.2 Å². The molecule has 0 fully saturated rings. The van der Waals surface area contributed by atoms with Crippen LogP contribution in [-0.2, 0) is 0 Å². The van der Waals surface area contributed by atoms with Crippen LogP contribution in [0.15, 0.2) is 60.9 Å². The summed E-state index contributed by atoms with van der Waals surface area (Å²) >= 11 is 12.2. The molecule has 2 aromatic carbocycles. The molecule has 4 aromatic rings. The molecule has 4 rings (SSSR count). The maximum absolute atomic E-state index is 6.12. The van der Waals surface area contributed by atoms with Crippen molar-refractivity contribution in [2.45, 2.75) is 0 Å². The van der Waals surface area contributed by atoms with E-state index in [1.165, 1.54) is 0 Å². The van der Waals surface area contributed by atoms with Gasteiger partial charge in [-0.05, 0) is 47.2 Å². The number of hydrogen-bond acceptors (Lipinski definition) is 4. The van der Waals surface area contributed by atoms with Crippen LogP contribution in [0.25, 0.3) is 21.5 Å². The van der Waals surface area contributed by atoms with Gasteiger partial charge < -0.3 is 9.47 Å². The van der Waals surface area contributed by atoms with Crippen LogP contribution in [0.4, 0.5) is 0 Å². The molecule has 2 heterocycles. The van der Waals surface area contributed by atoms with Crippen molar-refractivity contribution in [1.82, 2.24) is 9.97 Å². The Hall–Kier alpha value is -2.56. The molecular formula is C20H14Cl2N2O2. The van der Waals surface area contributed by atoms with Crippen LogP contribution < -0.4 is 9.47 Å². The summed E-state index contributed by atoms with van der Waals surface area (Å²) in [5, 5.41) is 4.70. The first kappa shape index (κ1) is 16.9. The number of benzene rings is 2. The molecule has 0 N–H and O–H groups in total. The fourth-order valence-electron chi connectivity index (χ4n) is 2.72. The second-order valence-electron chi connectivity index (χ2n) is 5.67. The van der Waals surface area contributed by atoms with Gasteiger partial charge >= 0.3 is 0 Å². The number of halogens is 2. The second kappa shape index (κ2) is 7.36. The molecule has 6 heteroatoms. The topological polar surface area (TPSA) is 44.2 Å². The highest BCUT2D eigenvalue weighted by Gasteiger charge is 2.04. The van der Waals surface area contributed by atoms with Crippen LogP contribution in [0, 0.1) is 0 Å². The van der Waals surface area contributed by atoms with E-state index in [4.69, 9.17) is 32.7 Å². The van der Waals surface area contributed by atoms with E-state index in [1.807, 2.05) is 48.5 Å². The van der Waals surface area contributed by atoms with Gasteiger partial charge in [-0.3, -0.25) is 0 Å². The third kappa shape index (κ3) is 3.52. The van der Waals surface area contributed by atoms with Crippen molar-refractivity contribution in [2.24, 2.45) is 0 Å². The molecule has 26 heavy (non-hydrogen) atoms. The largest absolute Gasteiger partial charge is 0.490 e. The van der Waals surface area contributed by atoms with Gasteiger partial charge in [0, 0.05) is 23.2 Å². The molecule has 0 saturated heterocycles. The molecule has 0 aliphatic heterocycles. The van der Waals surface area contributed by atoms with Crippen LogP contribution in [0.2, 0.25) is 10.3 Å². The minimum atomic E-state index is 0.405. The zero-order chi connectivity index (χ0) is 17.9. The lowest BCUT2D eigenvalue weighted by molar-refractivity contribution is 0.217. The normalized spacial score (nSPS) is 11.0. The molecule has 0 unspecified atom stereocenters. The maximum Gasteiger partial charge on any atom is 0.136 e. The summed E-state index contributed by atoms with van der Waals surface area (Å²) < 4.78 is 11.5. The predicted molar refractivity (Wildman–Crippen MR) is 104 cm³/mol. The summed E-state index contributed by atoms with van der Waals surface area (Å²) in [6.07, 6.45) is 3.37. The minimum absolute atomic E-state index is 0.405. The van der Waals surface area contributed by atoms with E-state index in [9.17, 15) is 0 Å². The summed E-state index contributed by atoms with van der Waals surface area (Å²) in [7, 11) is 0. The minimum Gasteiger partial charge on any atom is -0.490 e. The van der Waals surface area contributed by atoms with Gasteiger partial charge in [-0.25, -0.2) is 9.97 Å². The number of hydrogen-bond donors (Lipinski definition) is 0. The summed E-state index contributed by atoms with van der Waals surface area (Å²) in [5.74, 6) is 1.45. The van der Waals surface area contributed by atoms with E-state index in [0.29, 0.717) is 23.5 Å². The van der Waals surface area contributed by atoms with Gasteiger partial charge in [-0.15, -0.1) is 0 Å². The van der Waals surface area contributed by atoms with E-state index in [2.05, 4.69) is 9.97 Å². The van der Waals surface area contributed by atoms with E-state index < -0.39 is 0 Å². The van der Waals surface area contributed by atoms with Crippen molar-refractivity contribution in [1.29, 1.82) is 0 Å². The molecule has 0 saturated carbocycles. The van der Waals surface area contributed by atoms with Gasteiger partial charge in [0.25, 0.3) is 0 Å². The number of ether oxygens (including phenoxy) is 2. The summed E-state index contributed by atoms with van der Waals surface area (Å²) in [4.78, 5) is 8.17. The highest BCUT2D eigenvalue weighted by molar-refractivity contribution is 6.34. The van der Waals surface area contributed by atoms with Crippen molar-refractivity contribution in [3.8, 4) is 11.5 Å². The lowest BCUT2D eigenvalue weighted by Crippen LogP contribution is -2.09. The molecule has 0 bridgehead atoms. The number of nitrogens with zero attached hydrogens (tertiary/aromatic N) is 2. The Morgan fingerprint density at radius 1 is 0.654 bits per heavy atom. The van der Waals surface area contributed by atoms with Gasteiger partial charge in [0.2, 0.25) is 0 Å². The second-order valence-corrected chi connectivity index (χ2v) is 6.38. The van der Waals surface area contributed by atoms with Crippen molar-refractivity contribution in [3.63, 3.8) is 0 Å². The van der Waals surface area contributed by atoms with E-state index in [-0.39, 0.29) is 0 Å². The standard InChI is InChI=1S/C20H14Cl2N2O2/c21-19-17-11-15(3-1-13(17)5-7-23-19)25-9-10-26-16-4-2-14-6-8-24-20(22)18(14)12-16/h1-8,11-12H,9-10H2. The Morgan fingerprint density at radius 3 is 1.58 bits per heavy atom. The van der Waals surface area contributed by atoms with Gasteiger partial charge in [0.15, 0.2) is 0 Å². The third-order valence-corrected chi connectivity index (χ3v) is 4.60. The first-order valence-electron chi connectivity index (χ1n) is 8.05. The van der Waals surface area contributed by atoms with E-state index in [0.717, 1.165) is 33.0 Å². The molecule has 0 aliphatic carbocycles. The molecule has 4 nitrogen and oxygen atoms in total. The van der Waals surface area contributed by atoms with Gasteiger partial charge in [0.05, 0.1) is 0 Å². The Labute approximate surface area is 160 Å². The average Bonchev–Trinajstić information content (AvgIpc) is 2.66. The highest BCUT2D eigenvalue weighted by atomic mass is 35.5. The lowest BCUT2D eigenvalue weighted by Gasteiger charge is -2.10. The monoisotopic (exact) mass is 384 g/mol. The van der Waals surface area contributed by atoms with E-state index >= 15 is 0 Å². The van der Waals surface area contributed by atoms with Crippen LogP contribution in [-0.4, -0.2) is 23.2 Å². The van der Waals surface area contributed by atoms with Gasteiger partial charge in [-0.1, -0.05) is 35.3 Å². The quantitative estimate of drug-likeness (QED) is 0.334. The van der Waals surface area contributed by atoms with Crippen molar-refractivity contribution in [3.05, 3.63) is 71.2 Å². The fraction of sp³-hybridized carbons (Fsp3) is 0.100. The Balaban J connectivity index is 1.39. The molecule has 2 aromatic heterocycles. The molecule has 130 valence electrons. The molecule has 0 amide bonds. The predicted octanol–water partition coefficient (Wildman–Crippen LogP) is 5.55.